The molecule has 4 aliphatic carbocycles. The topological polar surface area (TPSA) is 8.81 Å². The first-order valence-corrected chi connectivity index (χ1v) is 13.3. The van der Waals surface area contributed by atoms with E-state index in [9.17, 15) is 0 Å². The molecule has 4 fully saturated rings. The van der Waals surface area contributed by atoms with Gasteiger partial charge < -0.3 is 0 Å². The van der Waals surface area contributed by atoms with Crippen molar-refractivity contribution >= 4 is 0 Å². The number of rotatable bonds is 14. The van der Waals surface area contributed by atoms with E-state index in [1.54, 1.807) is 19.3 Å². The lowest BCUT2D eigenvalue weighted by Crippen LogP contribution is -2.51. The largest absolute Gasteiger partial charge is 0.244 e. The first-order valence-electron chi connectivity index (χ1n) is 13.3. The Morgan fingerprint density at radius 2 is 1.21 bits per heavy atom. The monoisotopic (exact) mass is 399 g/mol. The number of hydrogen-bond donors (Lipinski definition) is 0. The third kappa shape index (κ3) is 5.67. The highest BCUT2D eigenvalue weighted by Crippen LogP contribution is 2.58. The number of aromatic nitrogens is 2. The maximum atomic E-state index is 2.65. The Balaban J connectivity index is 1.08. The molecule has 0 atom stereocenters. The Hall–Kier alpha value is -0.790. The molecule has 1 aromatic heterocycles. The van der Waals surface area contributed by atoms with E-state index in [1.165, 1.54) is 103 Å². The van der Waals surface area contributed by atoms with Crippen LogP contribution in [-0.4, -0.2) is 4.57 Å². The van der Waals surface area contributed by atoms with Crippen LogP contribution in [0.25, 0.3) is 0 Å². The molecule has 0 aromatic carbocycles. The molecule has 2 heteroatoms. The molecule has 5 rings (SSSR count). The summed E-state index contributed by atoms with van der Waals surface area (Å²) in [6, 6.07) is 0. The van der Waals surface area contributed by atoms with Crippen LogP contribution >= 0.6 is 0 Å². The van der Waals surface area contributed by atoms with Crippen LogP contribution in [0, 0.1) is 17.8 Å². The second-order valence-corrected chi connectivity index (χ2v) is 11.1. The molecular weight excluding hydrogens is 352 g/mol. The van der Waals surface area contributed by atoms with Crippen molar-refractivity contribution in [2.75, 3.05) is 0 Å². The van der Waals surface area contributed by atoms with Crippen LogP contribution in [0.5, 0.6) is 0 Å². The SMILES string of the molecule is CCCCCCCCCCCCCC[n+]1ccn(C23CC4CC(CC(C4)C2)C3)c1. The predicted octanol–water partition coefficient (Wildman–Crippen LogP) is 7.40. The van der Waals surface area contributed by atoms with Gasteiger partial charge in [0.25, 0.3) is 0 Å². The fourth-order valence-corrected chi connectivity index (χ4v) is 7.32. The summed E-state index contributed by atoms with van der Waals surface area (Å²) in [5.74, 6) is 3.11. The van der Waals surface area contributed by atoms with E-state index >= 15 is 0 Å². The molecule has 0 aliphatic heterocycles. The summed E-state index contributed by atoms with van der Waals surface area (Å²) in [7, 11) is 0. The van der Waals surface area contributed by atoms with Gasteiger partial charge in [0.05, 0.1) is 6.54 Å². The van der Waals surface area contributed by atoms with E-state index < -0.39 is 0 Å². The smallest absolute Gasteiger partial charge is 0.237 e. The normalized spacial score (nSPS) is 30.3. The molecule has 4 bridgehead atoms. The maximum Gasteiger partial charge on any atom is 0.244 e. The molecule has 0 amide bonds. The molecule has 0 N–H and O–H groups in total. The quantitative estimate of drug-likeness (QED) is 0.227. The highest BCUT2D eigenvalue weighted by molar-refractivity contribution is 5.05. The van der Waals surface area contributed by atoms with Crippen molar-refractivity contribution in [3.8, 4) is 0 Å². The average molecular weight is 400 g/mol. The van der Waals surface area contributed by atoms with Crippen molar-refractivity contribution in [3.63, 3.8) is 0 Å². The lowest BCUT2D eigenvalue weighted by atomic mass is 9.53. The highest BCUT2D eigenvalue weighted by atomic mass is 15.2. The van der Waals surface area contributed by atoms with Crippen LogP contribution in [0.1, 0.15) is 122 Å². The van der Waals surface area contributed by atoms with Gasteiger partial charge in [-0.05, 0) is 69.1 Å². The van der Waals surface area contributed by atoms with Gasteiger partial charge in [0.2, 0.25) is 6.33 Å². The fourth-order valence-electron chi connectivity index (χ4n) is 7.32. The minimum Gasteiger partial charge on any atom is -0.237 e. The van der Waals surface area contributed by atoms with Crippen LogP contribution in [0.15, 0.2) is 18.7 Å². The minimum absolute atomic E-state index is 0.497. The minimum atomic E-state index is 0.497. The van der Waals surface area contributed by atoms with E-state index in [0.29, 0.717) is 5.54 Å². The first-order chi connectivity index (χ1) is 14.3. The van der Waals surface area contributed by atoms with Gasteiger partial charge >= 0.3 is 0 Å². The maximum absolute atomic E-state index is 2.65. The Morgan fingerprint density at radius 1 is 0.724 bits per heavy atom. The zero-order chi connectivity index (χ0) is 19.9. The zero-order valence-corrected chi connectivity index (χ0v) is 19.3. The van der Waals surface area contributed by atoms with Crippen LogP contribution in [-0.2, 0) is 12.1 Å². The summed E-state index contributed by atoms with van der Waals surface area (Å²) in [5, 5.41) is 0. The van der Waals surface area contributed by atoms with Gasteiger partial charge in [-0.3, -0.25) is 0 Å². The Bertz CT molecular complexity index is 566. The van der Waals surface area contributed by atoms with Gasteiger partial charge in [-0.2, -0.15) is 0 Å². The van der Waals surface area contributed by atoms with Crippen LogP contribution in [0.4, 0.5) is 0 Å². The van der Waals surface area contributed by atoms with E-state index in [4.69, 9.17) is 0 Å². The first kappa shape index (κ1) is 21.4. The van der Waals surface area contributed by atoms with Crippen LogP contribution in [0.2, 0.25) is 0 Å². The van der Waals surface area contributed by atoms with Crippen LogP contribution < -0.4 is 4.57 Å². The van der Waals surface area contributed by atoms with Crippen molar-refractivity contribution in [1.29, 1.82) is 0 Å². The lowest BCUT2D eigenvalue weighted by Gasteiger charge is -2.54. The Kier molecular flexibility index (Phi) is 7.76. The molecule has 29 heavy (non-hydrogen) atoms. The summed E-state index contributed by atoms with van der Waals surface area (Å²) < 4.78 is 5.13. The van der Waals surface area contributed by atoms with Gasteiger partial charge in [-0.25, -0.2) is 9.13 Å². The molecule has 1 aromatic rings. The Morgan fingerprint density at radius 3 is 1.72 bits per heavy atom. The van der Waals surface area contributed by atoms with Gasteiger partial charge in [-0.15, -0.1) is 0 Å². The average Bonchev–Trinajstić information content (AvgIpc) is 3.18. The summed E-state index contributed by atoms with van der Waals surface area (Å²) in [6.07, 6.45) is 33.5. The van der Waals surface area contributed by atoms with E-state index in [0.717, 1.165) is 17.8 Å². The van der Waals surface area contributed by atoms with Gasteiger partial charge in [0.15, 0.2) is 0 Å². The molecule has 164 valence electrons. The summed E-state index contributed by atoms with van der Waals surface area (Å²) >= 11 is 0. The van der Waals surface area contributed by atoms with E-state index in [1.807, 2.05) is 0 Å². The molecule has 0 spiro atoms. The second-order valence-electron chi connectivity index (χ2n) is 11.1. The van der Waals surface area contributed by atoms with E-state index in [-0.39, 0.29) is 0 Å². The fraction of sp³-hybridized carbons (Fsp3) is 0.889. The lowest BCUT2D eigenvalue weighted by molar-refractivity contribution is -0.697. The molecule has 4 aliphatic rings. The van der Waals surface area contributed by atoms with Crippen molar-refractivity contribution in [1.82, 2.24) is 4.57 Å². The molecule has 0 radical (unpaired) electrons. The number of hydrogen-bond acceptors (Lipinski definition) is 0. The summed E-state index contributed by atoms with van der Waals surface area (Å²) in [4.78, 5) is 0. The summed E-state index contributed by atoms with van der Waals surface area (Å²) in [6.45, 7) is 3.52. The summed E-state index contributed by atoms with van der Waals surface area (Å²) in [5.41, 5.74) is 0.497. The number of unbranched alkanes of at least 4 members (excludes halogenated alkanes) is 11. The standard InChI is InChI=1S/C27H47N2/c1-2-3-4-5-6-7-8-9-10-11-12-13-14-28-15-16-29(23-28)27-20-24-17-25(21-27)19-26(18-24)22-27/h15-16,23-26H,2-14,17-22H2,1H3/q+1. The number of nitrogens with zero attached hydrogens (tertiary/aromatic N) is 2. The van der Waals surface area contributed by atoms with E-state index in [2.05, 4.69) is 34.8 Å². The zero-order valence-electron chi connectivity index (χ0n) is 19.3. The number of aryl methyl sites for hydroxylation is 1. The molecule has 1 heterocycles. The van der Waals surface area contributed by atoms with Crippen molar-refractivity contribution in [2.24, 2.45) is 17.8 Å². The molecule has 0 saturated heterocycles. The van der Waals surface area contributed by atoms with Gasteiger partial charge in [0.1, 0.15) is 17.9 Å². The molecule has 4 saturated carbocycles. The van der Waals surface area contributed by atoms with Gasteiger partial charge in [-0.1, -0.05) is 71.1 Å². The Labute approximate surface area is 180 Å². The van der Waals surface area contributed by atoms with Crippen molar-refractivity contribution in [2.45, 2.75) is 135 Å². The highest BCUT2D eigenvalue weighted by Gasteiger charge is 2.54. The third-order valence-electron chi connectivity index (χ3n) is 8.51. The predicted molar refractivity (Wildman–Crippen MR) is 122 cm³/mol. The molecular formula is C27H47N2+. The second kappa shape index (κ2) is 10.5. The van der Waals surface area contributed by atoms with Crippen molar-refractivity contribution in [3.05, 3.63) is 18.7 Å². The third-order valence-corrected chi connectivity index (χ3v) is 8.51. The van der Waals surface area contributed by atoms with Gasteiger partial charge in [0, 0.05) is 0 Å². The van der Waals surface area contributed by atoms with Crippen LogP contribution in [0.3, 0.4) is 0 Å². The molecule has 2 nitrogen and oxygen atoms in total. The molecule has 0 unspecified atom stereocenters. The van der Waals surface area contributed by atoms with Crippen molar-refractivity contribution < 1.29 is 4.57 Å². The number of imidazole rings is 1.